The third-order valence-electron chi connectivity index (χ3n) is 3.80. The lowest BCUT2D eigenvalue weighted by molar-refractivity contribution is 0.0177. The molecule has 0 radical (unpaired) electrons. The Bertz CT molecular complexity index is 519. The van der Waals surface area contributed by atoms with Crippen molar-refractivity contribution in [1.82, 2.24) is 4.90 Å². The third kappa shape index (κ3) is 5.81. The third-order valence-corrected chi connectivity index (χ3v) is 5.18. The van der Waals surface area contributed by atoms with E-state index >= 15 is 0 Å². The van der Waals surface area contributed by atoms with Crippen molar-refractivity contribution in [3.8, 4) is 0 Å². The average molecular weight is 340 g/mol. The molecule has 0 saturated carbocycles. The van der Waals surface area contributed by atoms with E-state index in [0.29, 0.717) is 13.2 Å². The van der Waals surface area contributed by atoms with Gasteiger partial charge in [-0.2, -0.15) is 0 Å². The molecule has 1 aliphatic heterocycles. The Kier molecular flexibility index (Phi) is 6.48. The van der Waals surface area contributed by atoms with Crippen LogP contribution in [0.3, 0.4) is 0 Å². The first kappa shape index (κ1) is 18.3. The highest BCUT2D eigenvalue weighted by molar-refractivity contribution is 7.12. The molecule has 130 valence electrons. The maximum Gasteiger partial charge on any atom is 0.410 e. The Morgan fingerprint density at radius 2 is 2.09 bits per heavy atom. The molecular weight excluding hydrogens is 310 g/mol. The van der Waals surface area contributed by atoms with Crippen LogP contribution < -0.4 is 0 Å². The zero-order chi connectivity index (χ0) is 16.9. The van der Waals surface area contributed by atoms with Gasteiger partial charge in [0.25, 0.3) is 0 Å². The highest BCUT2D eigenvalue weighted by atomic mass is 32.1. The molecule has 0 spiro atoms. The number of hydrogen-bond acceptors (Lipinski definition) is 4. The molecule has 0 saturated heterocycles. The maximum absolute atomic E-state index is 12.3. The second-order valence-electron chi connectivity index (χ2n) is 6.95. The lowest BCUT2D eigenvalue weighted by Gasteiger charge is -2.27. The molecule has 2 heterocycles. The van der Waals surface area contributed by atoms with Crippen LogP contribution in [-0.2, 0) is 28.7 Å². The maximum atomic E-state index is 12.3. The van der Waals surface area contributed by atoms with Gasteiger partial charge in [0.1, 0.15) is 5.60 Å². The summed E-state index contributed by atoms with van der Waals surface area (Å²) in [5.41, 5.74) is 0.974. The zero-order valence-electron chi connectivity index (χ0n) is 14.8. The summed E-state index contributed by atoms with van der Waals surface area (Å²) >= 11 is 1.91. The number of ether oxygens (including phenoxy) is 2. The number of fused-ring (bicyclic) bond motifs is 1. The van der Waals surface area contributed by atoms with Crippen LogP contribution in [0.25, 0.3) is 0 Å². The number of thiophene rings is 1. The fraction of sp³-hybridized carbons (Fsp3) is 0.722. The highest BCUT2D eigenvalue weighted by Crippen LogP contribution is 2.25. The van der Waals surface area contributed by atoms with Gasteiger partial charge in [-0.1, -0.05) is 6.92 Å². The lowest BCUT2D eigenvalue weighted by Crippen LogP contribution is -2.39. The fourth-order valence-corrected chi connectivity index (χ4v) is 3.79. The molecule has 1 amide bonds. The van der Waals surface area contributed by atoms with E-state index in [2.05, 4.69) is 13.0 Å². The van der Waals surface area contributed by atoms with Crippen molar-refractivity contribution in [2.75, 3.05) is 26.3 Å². The van der Waals surface area contributed by atoms with Crippen molar-refractivity contribution in [3.05, 3.63) is 21.4 Å². The molecule has 1 aromatic heterocycles. The van der Waals surface area contributed by atoms with E-state index in [1.165, 1.54) is 15.3 Å². The summed E-state index contributed by atoms with van der Waals surface area (Å²) in [6.07, 6.45) is 3.81. The first-order chi connectivity index (χ1) is 10.9. The minimum Gasteiger partial charge on any atom is -0.444 e. The monoisotopic (exact) mass is 339 g/mol. The van der Waals surface area contributed by atoms with Crippen LogP contribution >= 0.6 is 11.3 Å². The van der Waals surface area contributed by atoms with Crippen molar-refractivity contribution >= 4 is 17.4 Å². The quantitative estimate of drug-likeness (QED) is 0.775. The minimum atomic E-state index is -0.458. The molecule has 0 aromatic carbocycles. The van der Waals surface area contributed by atoms with Gasteiger partial charge in [0.2, 0.25) is 0 Å². The Morgan fingerprint density at radius 3 is 2.78 bits per heavy atom. The van der Waals surface area contributed by atoms with E-state index in [0.717, 1.165) is 38.8 Å². The second-order valence-corrected chi connectivity index (χ2v) is 8.17. The van der Waals surface area contributed by atoms with Crippen LogP contribution in [0.4, 0.5) is 4.79 Å². The topological polar surface area (TPSA) is 38.8 Å². The molecule has 1 aliphatic rings. The van der Waals surface area contributed by atoms with Crippen LogP contribution in [0.2, 0.25) is 0 Å². The summed E-state index contributed by atoms with van der Waals surface area (Å²) in [6.45, 7) is 10.5. The Labute approximate surface area is 143 Å². The van der Waals surface area contributed by atoms with Crippen LogP contribution in [0.15, 0.2) is 6.07 Å². The van der Waals surface area contributed by atoms with Gasteiger partial charge in [-0.05, 0) is 51.7 Å². The summed E-state index contributed by atoms with van der Waals surface area (Å²) in [5, 5.41) is 0. The van der Waals surface area contributed by atoms with Gasteiger partial charge in [0.15, 0.2) is 0 Å². The number of nitrogens with zero attached hydrogens (tertiary/aromatic N) is 1. The number of rotatable bonds is 1. The molecule has 0 bridgehead atoms. The minimum absolute atomic E-state index is 0.236. The van der Waals surface area contributed by atoms with Gasteiger partial charge in [0.05, 0.1) is 13.2 Å². The Morgan fingerprint density at radius 1 is 1.30 bits per heavy atom. The van der Waals surface area contributed by atoms with Gasteiger partial charge < -0.3 is 14.4 Å². The van der Waals surface area contributed by atoms with Crippen LogP contribution in [-0.4, -0.2) is 42.9 Å². The van der Waals surface area contributed by atoms with Crippen molar-refractivity contribution < 1.29 is 14.3 Å². The van der Waals surface area contributed by atoms with Gasteiger partial charge in [-0.3, -0.25) is 0 Å². The molecule has 23 heavy (non-hydrogen) atoms. The molecule has 0 fully saturated rings. The van der Waals surface area contributed by atoms with E-state index in [9.17, 15) is 4.79 Å². The number of carbonyl (C=O) groups excluding carboxylic acids is 1. The van der Waals surface area contributed by atoms with Crippen molar-refractivity contribution in [2.45, 2.75) is 59.0 Å². The average Bonchev–Trinajstić information content (AvgIpc) is 2.83. The summed E-state index contributed by atoms with van der Waals surface area (Å²) in [7, 11) is 0. The van der Waals surface area contributed by atoms with E-state index in [1.807, 2.05) is 32.1 Å². The predicted molar refractivity (Wildman–Crippen MR) is 94.3 cm³/mol. The Balaban J connectivity index is 2.01. The highest BCUT2D eigenvalue weighted by Gasteiger charge is 2.22. The van der Waals surface area contributed by atoms with E-state index in [1.54, 1.807) is 4.90 Å². The summed E-state index contributed by atoms with van der Waals surface area (Å²) in [4.78, 5) is 17.0. The van der Waals surface area contributed by atoms with Crippen molar-refractivity contribution in [2.24, 2.45) is 0 Å². The van der Waals surface area contributed by atoms with Gasteiger partial charge >= 0.3 is 6.09 Å². The molecule has 1 aromatic rings. The predicted octanol–water partition coefficient (Wildman–Crippen LogP) is 4.05. The SMILES string of the molecule is CCc1cc2c(s1)CCOCCN(C(=O)OC(C)(C)C)CCC2. The van der Waals surface area contributed by atoms with E-state index < -0.39 is 5.60 Å². The largest absolute Gasteiger partial charge is 0.444 e. The summed E-state index contributed by atoms with van der Waals surface area (Å²) < 4.78 is 11.2. The number of aryl methyl sites for hydroxylation is 2. The van der Waals surface area contributed by atoms with Crippen LogP contribution in [0, 0.1) is 0 Å². The van der Waals surface area contributed by atoms with Crippen LogP contribution in [0.1, 0.15) is 49.4 Å². The molecule has 2 rings (SSSR count). The number of carbonyl (C=O) groups is 1. The second kappa shape index (κ2) is 8.15. The molecule has 4 nitrogen and oxygen atoms in total. The smallest absolute Gasteiger partial charge is 0.410 e. The fourth-order valence-electron chi connectivity index (χ4n) is 2.65. The van der Waals surface area contributed by atoms with E-state index in [-0.39, 0.29) is 6.09 Å². The number of amides is 1. The summed E-state index contributed by atoms with van der Waals surface area (Å²) in [5.74, 6) is 0. The standard InChI is InChI=1S/C18H29NO3S/c1-5-15-13-14-7-6-9-19(17(20)22-18(2,3)4)10-12-21-11-8-16(14)23-15/h13H,5-12H2,1-4H3. The molecule has 5 heteroatoms. The van der Waals surface area contributed by atoms with Gasteiger partial charge in [-0.25, -0.2) is 4.79 Å². The molecule has 0 aliphatic carbocycles. The zero-order valence-corrected chi connectivity index (χ0v) is 15.6. The van der Waals surface area contributed by atoms with Crippen LogP contribution in [0.5, 0.6) is 0 Å². The first-order valence-electron chi connectivity index (χ1n) is 8.55. The molecular formula is C18H29NO3S. The first-order valence-corrected chi connectivity index (χ1v) is 9.37. The lowest BCUT2D eigenvalue weighted by atomic mass is 10.1. The molecule has 0 unspecified atom stereocenters. The Hall–Kier alpha value is -1.07. The van der Waals surface area contributed by atoms with Gasteiger partial charge in [-0.15, -0.1) is 11.3 Å². The molecule has 0 N–H and O–H groups in total. The van der Waals surface area contributed by atoms with Gasteiger partial charge in [0, 0.05) is 29.3 Å². The molecule has 0 atom stereocenters. The van der Waals surface area contributed by atoms with E-state index in [4.69, 9.17) is 9.47 Å². The number of hydrogen-bond donors (Lipinski definition) is 0. The summed E-state index contributed by atoms with van der Waals surface area (Å²) in [6, 6.07) is 2.33. The van der Waals surface area contributed by atoms with Crippen molar-refractivity contribution in [1.29, 1.82) is 0 Å². The normalized spacial score (nSPS) is 17.3. The van der Waals surface area contributed by atoms with Crippen molar-refractivity contribution in [3.63, 3.8) is 0 Å².